The molecule has 0 spiro atoms. The molecule has 0 atom stereocenters. The first kappa shape index (κ1) is 16.6. The van der Waals surface area contributed by atoms with Gasteiger partial charge in [0.2, 0.25) is 0 Å². The van der Waals surface area contributed by atoms with Crippen LogP contribution in [0.15, 0.2) is 40.9 Å². The first-order chi connectivity index (χ1) is 10.6. The third kappa shape index (κ3) is 4.37. The molecule has 3 nitrogen and oxygen atoms in total. The van der Waals surface area contributed by atoms with E-state index in [-0.39, 0.29) is 5.82 Å². The van der Waals surface area contributed by atoms with Crippen LogP contribution in [-0.4, -0.2) is 13.7 Å². The van der Waals surface area contributed by atoms with Crippen LogP contribution >= 0.6 is 15.9 Å². The van der Waals surface area contributed by atoms with Gasteiger partial charge >= 0.3 is 0 Å². The fraction of sp³-hybridized carbons (Fsp3) is 0.294. The summed E-state index contributed by atoms with van der Waals surface area (Å²) in [5.41, 5.74) is 1.82. The SMILES string of the molecule is CCCOc1c(CNc2ccc(F)cc2)cc(Br)cc1OC. The molecular formula is C17H19BrFNO2. The van der Waals surface area contributed by atoms with Crippen LogP contribution in [0.4, 0.5) is 10.1 Å². The zero-order chi connectivity index (χ0) is 15.9. The largest absolute Gasteiger partial charge is 0.493 e. The lowest BCUT2D eigenvalue weighted by Gasteiger charge is -2.16. The van der Waals surface area contributed by atoms with Gasteiger partial charge in [0.05, 0.1) is 13.7 Å². The first-order valence-corrected chi connectivity index (χ1v) is 7.92. The van der Waals surface area contributed by atoms with Crippen LogP contribution in [-0.2, 0) is 6.54 Å². The number of halogens is 2. The van der Waals surface area contributed by atoms with Crippen LogP contribution in [0.25, 0.3) is 0 Å². The Morgan fingerprint density at radius 2 is 1.91 bits per heavy atom. The molecule has 118 valence electrons. The van der Waals surface area contributed by atoms with Crippen molar-refractivity contribution in [3.05, 3.63) is 52.3 Å². The van der Waals surface area contributed by atoms with E-state index in [1.165, 1.54) is 12.1 Å². The Balaban J connectivity index is 2.20. The van der Waals surface area contributed by atoms with Crippen LogP contribution in [0.5, 0.6) is 11.5 Å². The summed E-state index contributed by atoms with van der Waals surface area (Å²) in [6.07, 6.45) is 0.921. The van der Waals surface area contributed by atoms with Gasteiger partial charge in [0.25, 0.3) is 0 Å². The van der Waals surface area contributed by atoms with Crippen molar-refractivity contribution < 1.29 is 13.9 Å². The lowest BCUT2D eigenvalue weighted by molar-refractivity contribution is 0.291. The van der Waals surface area contributed by atoms with Gasteiger partial charge in [-0.1, -0.05) is 22.9 Å². The topological polar surface area (TPSA) is 30.5 Å². The molecule has 22 heavy (non-hydrogen) atoms. The van der Waals surface area contributed by atoms with Crippen molar-refractivity contribution in [2.24, 2.45) is 0 Å². The van der Waals surface area contributed by atoms with E-state index in [2.05, 4.69) is 28.2 Å². The van der Waals surface area contributed by atoms with Gasteiger partial charge in [0.15, 0.2) is 11.5 Å². The number of benzene rings is 2. The van der Waals surface area contributed by atoms with E-state index in [9.17, 15) is 4.39 Å². The number of rotatable bonds is 7. The molecule has 5 heteroatoms. The molecule has 0 amide bonds. The van der Waals surface area contributed by atoms with E-state index < -0.39 is 0 Å². The summed E-state index contributed by atoms with van der Waals surface area (Å²) in [4.78, 5) is 0. The molecule has 0 aliphatic heterocycles. The molecule has 0 aliphatic rings. The zero-order valence-electron chi connectivity index (χ0n) is 12.7. The zero-order valence-corrected chi connectivity index (χ0v) is 14.2. The third-order valence-corrected chi connectivity index (χ3v) is 3.55. The molecule has 2 rings (SSSR count). The van der Waals surface area contributed by atoms with Crippen LogP contribution in [0.1, 0.15) is 18.9 Å². The average molecular weight is 368 g/mol. The second-order valence-corrected chi connectivity index (χ2v) is 5.72. The Hall–Kier alpha value is -1.75. The smallest absolute Gasteiger partial charge is 0.166 e. The van der Waals surface area contributed by atoms with Crippen molar-refractivity contribution in [2.45, 2.75) is 19.9 Å². The van der Waals surface area contributed by atoms with Crippen LogP contribution in [0.2, 0.25) is 0 Å². The van der Waals surface area contributed by atoms with Crippen LogP contribution in [0.3, 0.4) is 0 Å². The molecule has 0 aromatic heterocycles. The van der Waals surface area contributed by atoms with Gasteiger partial charge in [-0.3, -0.25) is 0 Å². The lowest BCUT2D eigenvalue weighted by atomic mass is 10.1. The number of ether oxygens (including phenoxy) is 2. The molecule has 0 fully saturated rings. The monoisotopic (exact) mass is 367 g/mol. The highest BCUT2D eigenvalue weighted by Gasteiger charge is 2.12. The number of hydrogen-bond donors (Lipinski definition) is 1. The Bertz CT molecular complexity index is 617. The minimum Gasteiger partial charge on any atom is -0.493 e. The maximum Gasteiger partial charge on any atom is 0.166 e. The minimum absolute atomic E-state index is 0.248. The second kappa shape index (κ2) is 8.03. The highest BCUT2D eigenvalue weighted by Crippen LogP contribution is 2.35. The molecule has 2 aromatic carbocycles. The normalized spacial score (nSPS) is 10.4. The molecule has 0 radical (unpaired) electrons. The van der Waals surface area contributed by atoms with Crippen molar-refractivity contribution in [3.63, 3.8) is 0 Å². The Kier molecular flexibility index (Phi) is 6.07. The number of anilines is 1. The predicted octanol–water partition coefficient (Wildman–Crippen LogP) is 5.00. The van der Waals surface area contributed by atoms with E-state index in [1.54, 1.807) is 19.2 Å². The van der Waals surface area contributed by atoms with E-state index in [1.807, 2.05) is 12.1 Å². The summed E-state index contributed by atoms with van der Waals surface area (Å²) in [6.45, 7) is 3.24. The van der Waals surface area contributed by atoms with Crippen molar-refractivity contribution in [1.82, 2.24) is 0 Å². The van der Waals surface area contributed by atoms with Gasteiger partial charge in [-0.15, -0.1) is 0 Å². The Morgan fingerprint density at radius 1 is 1.18 bits per heavy atom. The van der Waals surface area contributed by atoms with Crippen molar-refractivity contribution in [2.75, 3.05) is 19.0 Å². The summed E-state index contributed by atoms with van der Waals surface area (Å²) >= 11 is 3.48. The van der Waals surface area contributed by atoms with Crippen molar-refractivity contribution in [3.8, 4) is 11.5 Å². The molecule has 0 aliphatic carbocycles. The average Bonchev–Trinajstić information content (AvgIpc) is 2.52. The number of hydrogen-bond acceptors (Lipinski definition) is 3. The Morgan fingerprint density at radius 3 is 2.55 bits per heavy atom. The summed E-state index contributed by atoms with van der Waals surface area (Å²) < 4.78 is 25.1. The van der Waals surface area contributed by atoms with Crippen LogP contribution < -0.4 is 14.8 Å². The van der Waals surface area contributed by atoms with Gasteiger partial charge in [-0.05, 0) is 42.8 Å². The lowest BCUT2D eigenvalue weighted by Crippen LogP contribution is -2.06. The highest BCUT2D eigenvalue weighted by molar-refractivity contribution is 9.10. The maximum atomic E-state index is 12.9. The summed E-state index contributed by atoms with van der Waals surface area (Å²) in [5.74, 6) is 1.18. The van der Waals surface area contributed by atoms with Gasteiger partial charge in [0.1, 0.15) is 5.82 Å². The number of nitrogens with one attached hydrogen (secondary N) is 1. The van der Waals surface area contributed by atoms with Gasteiger partial charge in [-0.25, -0.2) is 4.39 Å². The van der Waals surface area contributed by atoms with Crippen molar-refractivity contribution in [1.29, 1.82) is 0 Å². The number of methoxy groups -OCH3 is 1. The summed E-state index contributed by atoms with van der Waals surface area (Å²) in [7, 11) is 1.62. The highest BCUT2D eigenvalue weighted by atomic mass is 79.9. The molecular weight excluding hydrogens is 349 g/mol. The summed E-state index contributed by atoms with van der Waals surface area (Å²) in [6, 6.07) is 10.1. The van der Waals surface area contributed by atoms with E-state index >= 15 is 0 Å². The standard InChI is InChI=1S/C17H19BrFNO2/c1-3-8-22-17-12(9-13(18)10-16(17)21-2)11-20-15-6-4-14(19)5-7-15/h4-7,9-10,20H,3,8,11H2,1-2H3. The quantitative estimate of drug-likeness (QED) is 0.746. The predicted molar refractivity (Wildman–Crippen MR) is 90.2 cm³/mol. The van der Waals surface area contributed by atoms with Crippen LogP contribution in [0, 0.1) is 5.82 Å². The summed E-state index contributed by atoms with van der Waals surface area (Å²) in [5, 5.41) is 3.26. The maximum absolute atomic E-state index is 12.9. The van der Waals surface area contributed by atoms with Crippen molar-refractivity contribution >= 4 is 21.6 Å². The van der Waals surface area contributed by atoms with Gasteiger partial charge in [-0.2, -0.15) is 0 Å². The molecule has 0 saturated carbocycles. The second-order valence-electron chi connectivity index (χ2n) is 4.81. The Labute approximate surface area is 138 Å². The minimum atomic E-state index is -0.248. The first-order valence-electron chi connectivity index (χ1n) is 7.12. The molecule has 0 saturated heterocycles. The van der Waals surface area contributed by atoms with E-state index in [0.29, 0.717) is 18.9 Å². The molecule has 1 N–H and O–H groups in total. The molecule has 0 unspecified atom stereocenters. The molecule has 0 heterocycles. The third-order valence-electron chi connectivity index (χ3n) is 3.09. The van der Waals surface area contributed by atoms with E-state index in [4.69, 9.17) is 9.47 Å². The van der Waals surface area contributed by atoms with Gasteiger partial charge < -0.3 is 14.8 Å². The van der Waals surface area contributed by atoms with E-state index in [0.717, 1.165) is 27.9 Å². The fourth-order valence-electron chi connectivity index (χ4n) is 2.04. The molecule has 0 bridgehead atoms. The van der Waals surface area contributed by atoms with Gasteiger partial charge in [0, 0.05) is 22.3 Å². The fourth-order valence-corrected chi connectivity index (χ4v) is 2.52. The molecule has 2 aromatic rings.